The molecular weight excluding hydrogens is 255 g/mol. The Kier molecular flexibility index (Phi) is 4.95. The van der Waals surface area contributed by atoms with Crippen molar-refractivity contribution in [2.75, 3.05) is 6.54 Å². The Labute approximate surface area is 100 Å². The van der Waals surface area contributed by atoms with Crippen LogP contribution in [0.3, 0.4) is 0 Å². The van der Waals surface area contributed by atoms with Gasteiger partial charge in [-0.25, -0.2) is 0 Å². The second kappa shape index (κ2) is 6.02. The quantitative estimate of drug-likeness (QED) is 0.778. The van der Waals surface area contributed by atoms with E-state index in [0.717, 1.165) is 4.88 Å². The van der Waals surface area contributed by atoms with E-state index in [1.54, 1.807) is 12.1 Å². The van der Waals surface area contributed by atoms with Crippen molar-refractivity contribution in [1.82, 2.24) is 5.32 Å². The van der Waals surface area contributed by atoms with Crippen molar-refractivity contribution >= 4 is 17.3 Å². The van der Waals surface area contributed by atoms with Gasteiger partial charge in [-0.2, -0.15) is 13.2 Å². The lowest BCUT2D eigenvalue weighted by molar-refractivity contribution is -0.136. The van der Waals surface area contributed by atoms with E-state index in [9.17, 15) is 18.0 Å². The van der Waals surface area contributed by atoms with Crippen LogP contribution in [0.25, 0.3) is 0 Å². The minimum Gasteiger partial charge on any atom is -0.481 e. The number of halogens is 3. The zero-order valence-corrected chi connectivity index (χ0v) is 9.70. The summed E-state index contributed by atoms with van der Waals surface area (Å²) in [6.07, 6.45) is -5.05. The molecule has 0 aromatic carbocycles. The highest BCUT2D eigenvalue weighted by Gasteiger charge is 2.25. The van der Waals surface area contributed by atoms with E-state index >= 15 is 0 Å². The van der Waals surface area contributed by atoms with Crippen LogP contribution in [0.4, 0.5) is 13.2 Å². The van der Waals surface area contributed by atoms with Crippen LogP contribution in [-0.4, -0.2) is 23.8 Å². The van der Waals surface area contributed by atoms with E-state index in [1.165, 1.54) is 11.3 Å². The first-order chi connectivity index (χ1) is 7.87. The maximum atomic E-state index is 11.8. The van der Waals surface area contributed by atoms with Crippen molar-refractivity contribution in [2.45, 2.75) is 25.6 Å². The van der Waals surface area contributed by atoms with Gasteiger partial charge in [-0.15, -0.1) is 11.3 Å². The predicted octanol–water partition coefficient (Wildman–Crippen LogP) is 2.42. The molecular formula is C10H12F3NO2S. The first-order valence-corrected chi connectivity index (χ1v) is 5.75. The highest BCUT2D eigenvalue weighted by Crippen LogP contribution is 2.19. The fourth-order valence-corrected chi connectivity index (χ4v) is 2.18. The van der Waals surface area contributed by atoms with Crippen molar-refractivity contribution in [1.29, 1.82) is 0 Å². The largest absolute Gasteiger partial charge is 0.481 e. The molecule has 0 aliphatic carbocycles. The van der Waals surface area contributed by atoms with Crippen LogP contribution in [0, 0.1) is 0 Å². The summed E-state index contributed by atoms with van der Waals surface area (Å²) in [5.74, 6) is -0.913. The molecule has 0 fully saturated rings. The van der Waals surface area contributed by atoms with Crippen molar-refractivity contribution in [3.05, 3.63) is 21.9 Å². The first kappa shape index (κ1) is 14.0. The molecule has 0 saturated carbocycles. The lowest BCUT2D eigenvalue weighted by Gasteiger charge is -2.06. The molecule has 3 nitrogen and oxygen atoms in total. The number of aliphatic carboxylic acids is 1. The highest BCUT2D eigenvalue weighted by atomic mass is 32.1. The van der Waals surface area contributed by atoms with Gasteiger partial charge >= 0.3 is 12.1 Å². The number of hydrogen-bond acceptors (Lipinski definition) is 3. The van der Waals surface area contributed by atoms with Gasteiger partial charge in [0.2, 0.25) is 0 Å². The van der Waals surface area contributed by atoms with Gasteiger partial charge in [0, 0.05) is 22.8 Å². The van der Waals surface area contributed by atoms with Gasteiger partial charge in [0.05, 0.1) is 12.8 Å². The van der Waals surface area contributed by atoms with E-state index in [-0.39, 0.29) is 13.0 Å². The van der Waals surface area contributed by atoms with Crippen LogP contribution in [0.1, 0.15) is 16.2 Å². The number of thiophene rings is 1. The Morgan fingerprint density at radius 2 is 2.00 bits per heavy atom. The predicted molar refractivity (Wildman–Crippen MR) is 58.0 cm³/mol. The molecule has 17 heavy (non-hydrogen) atoms. The molecule has 0 amide bonds. The third-order valence-corrected chi connectivity index (χ3v) is 3.01. The van der Waals surface area contributed by atoms with Crippen LogP contribution >= 0.6 is 11.3 Å². The second-order valence-corrected chi connectivity index (χ2v) is 4.73. The van der Waals surface area contributed by atoms with Crippen LogP contribution < -0.4 is 5.32 Å². The maximum absolute atomic E-state index is 11.8. The summed E-state index contributed by atoms with van der Waals surface area (Å²) in [6, 6.07) is 3.41. The van der Waals surface area contributed by atoms with E-state index in [1.807, 2.05) is 0 Å². The SMILES string of the molecule is O=C(O)Cc1ccc(CNCCC(F)(F)F)s1. The van der Waals surface area contributed by atoms with Crippen molar-refractivity contribution in [2.24, 2.45) is 0 Å². The van der Waals surface area contributed by atoms with Crippen molar-refractivity contribution in [3.63, 3.8) is 0 Å². The summed E-state index contributed by atoms with van der Waals surface area (Å²) in [6.45, 7) is 0.204. The van der Waals surface area contributed by atoms with Gasteiger partial charge < -0.3 is 10.4 Å². The molecule has 96 valence electrons. The third-order valence-electron chi connectivity index (χ3n) is 1.93. The average molecular weight is 267 g/mol. The summed E-state index contributed by atoms with van der Waals surface area (Å²) >= 11 is 1.29. The van der Waals surface area contributed by atoms with Gasteiger partial charge in [-0.3, -0.25) is 4.79 Å². The molecule has 1 rings (SSSR count). The topological polar surface area (TPSA) is 49.3 Å². The van der Waals surface area contributed by atoms with Crippen LogP contribution in [0.5, 0.6) is 0 Å². The smallest absolute Gasteiger partial charge is 0.390 e. The maximum Gasteiger partial charge on any atom is 0.390 e. The molecule has 0 atom stereocenters. The van der Waals surface area contributed by atoms with Gasteiger partial charge in [0.1, 0.15) is 0 Å². The molecule has 1 aromatic rings. The van der Waals surface area contributed by atoms with E-state index in [2.05, 4.69) is 5.32 Å². The molecule has 0 radical (unpaired) electrons. The van der Waals surface area contributed by atoms with Gasteiger partial charge in [-0.1, -0.05) is 0 Å². The molecule has 0 spiro atoms. The monoisotopic (exact) mass is 267 g/mol. The molecule has 0 saturated heterocycles. The molecule has 0 bridgehead atoms. The molecule has 0 unspecified atom stereocenters. The van der Waals surface area contributed by atoms with E-state index in [4.69, 9.17) is 5.11 Å². The summed E-state index contributed by atoms with van der Waals surface area (Å²) in [5.41, 5.74) is 0. The minimum absolute atomic E-state index is 0.0484. The Morgan fingerprint density at radius 1 is 1.35 bits per heavy atom. The number of rotatable bonds is 6. The molecule has 7 heteroatoms. The van der Waals surface area contributed by atoms with Crippen molar-refractivity contribution in [3.8, 4) is 0 Å². The zero-order valence-electron chi connectivity index (χ0n) is 8.88. The summed E-state index contributed by atoms with van der Waals surface area (Å²) in [7, 11) is 0. The number of alkyl halides is 3. The third kappa shape index (κ3) is 6.28. The fraction of sp³-hybridized carbons (Fsp3) is 0.500. The Hall–Kier alpha value is -1.08. The number of hydrogen-bond donors (Lipinski definition) is 2. The molecule has 1 heterocycles. The average Bonchev–Trinajstić information content (AvgIpc) is 2.58. The lowest BCUT2D eigenvalue weighted by atomic mass is 10.3. The number of carboxylic acids is 1. The fourth-order valence-electron chi connectivity index (χ4n) is 1.20. The van der Waals surface area contributed by atoms with Crippen LogP contribution in [-0.2, 0) is 17.8 Å². The number of carboxylic acid groups (broad SMARTS) is 1. The van der Waals surface area contributed by atoms with E-state index in [0.29, 0.717) is 11.4 Å². The minimum atomic E-state index is -4.14. The highest BCUT2D eigenvalue weighted by molar-refractivity contribution is 7.12. The normalized spacial score (nSPS) is 11.7. The Balaban J connectivity index is 2.28. The first-order valence-electron chi connectivity index (χ1n) is 4.93. The summed E-state index contributed by atoms with van der Waals surface area (Å²) < 4.78 is 35.5. The van der Waals surface area contributed by atoms with E-state index < -0.39 is 18.6 Å². The molecule has 0 aliphatic heterocycles. The lowest BCUT2D eigenvalue weighted by Crippen LogP contribution is -2.20. The number of carbonyl (C=O) groups is 1. The Bertz CT molecular complexity index is 376. The molecule has 2 N–H and O–H groups in total. The zero-order chi connectivity index (χ0) is 12.9. The standard InChI is InChI=1S/C10H12F3NO2S/c11-10(12,13)3-4-14-6-8-2-1-7(17-8)5-9(15)16/h1-2,14H,3-6H2,(H,15,16). The molecule has 0 aliphatic rings. The van der Waals surface area contributed by atoms with Gasteiger partial charge in [0.25, 0.3) is 0 Å². The summed E-state index contributed by atoms with van der Waals surface area (Å²) in [4.78, 5) is 12.0. The Morgan fingerprint density at radius 3 is 2.59 bits per heavy atom. The number of nitrogens with one attached hydrogen (secondary N) is 1. The second-order valence-electron chi connectivity index (χ2n) is 3.48. The van der Waals surface area contributed by atoms with Crippen LogP contribution in [0.15, 0.2) is 12.1 Å². The van der Waals surface area contributed by atoms with Gasteiger partial charge in [-0.05, 0) is 12.1 Å². The summed E-state index contributed by atoms with van der Waals surface area (Å²) in [5, 5.41) is 11.2. The van der Waals surface area contributed by atoms with Gasteiger partial charge in [0.15, 0.2) is 0 Å². The van der Waals surface area contributed by atoms with Crippen LogP contribution in [0.2, 0.25) is 0 Å². The van der Waals surface area contributed by atoms with Crippen molar-refractivity contribution < 1.29 is 23.1 Å². The molecule has 1 aromatic heterocycles.